The summed E-state index contributed by atoms with van der Waals surface area (Å²) in [5, 5.41) is 0. The van der Waals surface area contributed by atoms with Crippen LogP contribution in [0, 0.1) is 0 Å². The van der Waals surface area contributed by atoms with Crippen LogP contribution in [0.2, 0.25) is 0 Å². The van der Waals surface area contributed by atoms with Crippen molar-refractivity contribution in [3.8, 4) is 5.75 Å². The maximum Gasteiger partial charge on any atom is 0.355 e. The van der Waals surface area contributed by atoms with Crippen LogP contribution in [0.4, 0.5) is 5.69 Å². The van der Waals surface area contributed by atoms with Gasteiger partial charge in [-0.25, -0.2) is 9.59 Å². The number of carbonyl (C=O) groups is 2. The van der Waals surface area contributed by atoms with Crippen molar-refractivity contribution in [2.45, 2.75) is 6.92 Å². The fourth-order valence-electron chi connectivity index (χ4n) is 2.26. The molecule has 1 heterocycles. The van der Waals surface area contributed by atoms with Crippen LogP contribution in [0.25, 0.3) is 0 Å². The molecule has 0 saturated heterocycles. The molecule has 1 aromatic rings. The van der Waals surface area contributed by atoms with Gasteiger partial charge in [-0.3, -0.25) is 0 Å². The van der Waals surface area contributed by atoms with E-state index in [-0.39, 0.29) is 11.3 Å². The summed E-state index contributed by atoms with van der Waals surface area (Å²) in [5.74, 6) is -0.612. The second kappa shape index (κ2) is 8.01. The third-order valence-electron chi connectivity index (χ3n) is 3.30. The Morgan fingerprint density at radius 1 is 1.08 bits per heavy atom. The van der Waals surface area contributed by atoms with Crippen molar-refractivity contribution in [2.24, 2.45) is 0 Å². The lowest BCUT2D eigenvalue weighted by Crippen LogP contribution is -2.26. The van der Waals surface area contributed by atoms with Crippen molar-refractivity contribution in [3.05, 3.63) is 60.0 Å². The van der Waals surface area contributed by atoms with Crippen LogP contribution in [0.3, 0.4) is 0 Å². The first-order chi connectivity index (χ1) is 11.6. The predicted molar refractivity (Wildman–Crippen MR) is 89.4 cm³/mol. The molecule has 2 rings (SSSR count). The Balaban J connectivity index is 2.59. The molecule has 0 N–H and O–H groups in total. The predicted octanol–water partition coefficient (Wildman–Crippen LogP) is 2.58. The van der Waals surface area contributed by atoms with Crippen molar-refractivity contribution >= 4 is 17.6 Å². The van der Waals surface area contributed by atoms with Crippen molar-refractivity contribution in [3.63, 3.8) is 0 Å². The van der Waals surface area contributed by atoms with Gasteiger partial charge in [-0.15, -0.1) is 0 Å². The average molecular weight is 329 g/mol. The lowest BCUT2D eigenvalue weighted by molar-refractivity contribution is -0.139. The standard InChI is InChI=1S/C18H19NO5/c1-4-24-14-9-7-8-13(12-14)19-11-6-5-10-15(17(20)22-2)16(19)18(21)23-3/h5-12H,4H2,1-3H3. The number of anilines is 1. The van der Waals surface area contributed by atoms with Gasteiger partial charge in [0.05, 0.1) is 26.4 Å². The Labute approximate surface area is 140 Å². The number of hydrogen-bond acceptors (Lipinski definition) is 6. The van der Waals surface area contributed by atoms with Gasteiger partial charge < -0.3 is 19.1 Å². The van der Waals surface area contributed by atoms with E-state index in [4.69, 9.17) is 14.2 Å². The summed E-state index contributed by atoms with van der Waals surface area (Å²) < 4.78 is 15.1. The highest BCUT2D eigenvalue weighted by Gasteiger charge is 2.27. The van der Waals surface area contributed by atoms with Crippen LogP contribution in [0.5, 0.6) is 5.75 Å². The Bertz CT molecular complexity index is 718. The van der Waals surface area contributed by atoms with Gasteiger partial charge in [0.15, 0.2) is 0 Å². The Hall–Kier alpha value is -3.02. The molecule has 1 aromatic carbocycles. The van der Waals surface area contributed by atoms with Crippen molar-refractivity contribution in [1.82, 2.24) is 0 Å². The van der Waals surface area contributed by atoms with E-state index in [2.05, 4.69) is 0 Å². The molecule has 6 nitrogen and oxygen atoms in total. The Morgan fingerprint density at radius 2 is 1.83 bits per heavy atom. The third kappa shape index (κ3) is 3.65. The number of rotatable bonds is 5. The molecule has 0 saturated carbocycles. The van der Waals surface area contributed by atoms with E-state index in [0.717, 1.165) is 0 Å². The van der Waals surface area contributed by atoms with Gasteiger partial charge >= 0.3 is 11.9 Å². The largest absolute Gasteiger partial charge is 0.494 e. The first-order valence-electron chi connectivity index (χ1n) is 7.40. The highest BCUT2D eigenvalue weighted by atomic mass is 16.5. The van der Waals surface area contributed by atoms with Crippen molar-refractivity contribution < 1.29 is 23.8 Å². The maximum absolute atomic E-state index is 12.3. The third-order valence-corrected chi connectivity index (χ3v) is 3.30. The molecule has 6 heteroatoms. The van der Waals surface area contributed by atoms with Crippen LogP contribution in [0.1, 0.15) is 6.92 Å². The molecule has 0 unspecified atom stereocenters. The summed E-state index contributed by atoms with van der Waals surface area (Å²) >= 11 is 0. The quantitative estimate of drug-likeness (QED) is 0.774. The zero-order chi connectivity index (χ0) is 17.5. The summed E-state index contributed by atoms with van der Waals surface area (Å²) in [4.78, 5) is 26.0. The zero-order valence-electron chi connectivity index (χ0n) is 13.8. The number of hydrogen-bond donors (Lipinski definition) is 0. The van der Waals surface area contributed by atoms with Crippen molar-refractivity contribution in [1.29, 1.82) is 0 Å². The number of methoxy groups -OCH3 is 2. The molecule has 1 aliphatic rings. The maximum atomic E-state index is 12.3. The fourth-order valence-corrected chi connectivity index (χ4v) is 2.26. The molecule has 0 atom stereocenters. The minimum Gasteiger partial charge on any atom is -0.494 e. The monoisotopic (exact) mass is 329 g/mol. The van der Waals surface area contributed by atoms with Gasteiger partial charge in [-0.2, -0.15) is 0 Å². The molecule has 0 radical (unpaired) electrons. The highest BCUT2D eigenvalue weighted by molar-refractivity contribution is 6.05. The van der Waals surface area contributed by atoms with Gasteiger partial charge in [0.2, 0.25) is 0 Å². The van der Waals surface area contributed by atoms with Gasteiger partial charge in [-0.1, -0.05) is 12.1 Å². The Kier molecular flexibility index (Phi) is 5.78. The van der Waals surface area contributed by atoms with Gasteiger partial charge in [0.1, 0.15) is 11.4 Å². The second-order valence-corrected chi connectivity index (χ2v) is 4.75. The van der Waals surface area contributed by atoms with Crippen LogP contribution in [0.15, 0.2) is 60.0 Å². The smallest absolute Gasteiger partial charge is 0.355 e. The zero-order valence-corrected chi connectivity index (χ0v) is 13.8. The van der Waals surface area contributed by atoms with E-state index in [1.165, 1.54) is 20.3 Å². The van der Waals surface area contributed by atoms with Crippen LogP contribution < -0.4 is 9.64 Å². The second-order valence-electron chi connectivity index (χ2n) is 4.75. The van der Waals surface area contributed by atoms with E-state index in [9.17, 15) is 9.59 Å². The van der Waals surface area contributed by atoms with E-state index in [0.29, 0.717) is 18.0 Å². The lowest BCUT2D eigenvalue weighted by atomic mass is 10.1. The number of benzene rings is 1. The van der Waals surface area contributed by atoms with Gasteiger partial charge in [0, 0.05) is 18.0 Å². The minimum atomic E-state index is -0.645. The molecule has 24 heavy (non-hydrogen) atoms. The Morgan fingerprint density at radius 3 is 2.50 bits per heavy atom. The van der Waals surface area contributed by atoms with Gasteiger partial charge in [-0.05, 0) is 31.2 Å². The van der Waals surface area contributed by atoms with E-state index >= 15 is 0 Å². The molecule has 0 bridgehead atoms. The summed E-state index contributed by atoms with van der Waals surface area (Å²) in [6, 6.07) is 7.20. The van der Waals surface area contributed by atoms with Crippen molar-refractivity contribution in [2.75, 3.05) is 25.7 Å². The summed E-state index contributed by atoms with van der Waals surface area (Å²) in [5.41, 5.74) is 0.835. The van der Waals surface area contributed by atoms with Crippen LogP contribution >= 0.6 is 0 Å². The summed E-state index contributed by atoms with van der Waals surface area (Å²) in [7, 11) is 2.52. The average Bonchev–Trinajstić information content (AvgIpc) is 2.83. The molecular formula is C18H19NO5. The molecule has 0 fully saturated rings. The first kappa shape index (κ1) is 17.3. The number of esters is 2. The summed E-state index contributed by atoms with van der Waals surface area (Å²) in [6.07, 6.45) is 6.55. The molecule has 1 aliphatic heterocycles. The number of allylic oxidation sites excluding steroid dienone is 2. The highest BCUT2D eigenvalue weighted by Crippen LogP contribution is 2.28. The van der Waals surface area contributed by atoms with E-state index in [1.54, 1.807) is 41.5 Å². The van der Waals surface area contributed by atoms with Gasteiger partial charge in [0.25, 0.3) is 0 Å². The first-order valence-corrected chi connectivity index (χ1v) is 7.40. The summed E-state index contributed by atoms with van der Waals surface area (Å²) in [6.45, 7) is 2.41. The molecule has 0 amide bonds. The lowest BCUT2D eigenvalue weighted by Gasteiger charge is -2.23. The van der Waals surface area contributed by atoms with E-state index < -0.39 is 11.9 Å². The topological polar surface area (TPSA) is 65.1 Å². The fraction of sp³-hybridized carbons (Fsp3) is 0.222. The molecule has 0 spiro atoms. The molecular weight excluding hydrogens is 310 g/mol. The van der Waals surface area contributed by atoms with E-state index in [1.807, 2.05) is 13.0 Å². The van der Waals surface area contributed by atoms with Crippen LogP contribution in [-0.4, -0.2) is 32.8 Å². The molecule has 126 valence electrons. The van der Waals surface area contributed by atoms with Crippen LogP contribution in [-0.2, 0) is 19.1 Å². The molecule has 0 aliphatic carbocycles. The SMILES string of the molecule is CCOc1cccc(N2C=CC=CC(C(=O)OC)=C2C(=O)OC)c1. The normalized spacial score (nSPS) is 13.5. The minimum absolute atomic E-state index is 0.0722. The number of carbonyl (C=O) groups excluding carboxylic acids is 2. The molecule has 0 aromatic heterocycles. The number of ether oxygens (including phenoxy) is 3. The number of nitrogens with zero attached hydrogens (tertiary/aromatic N) is 1.